The third kappa shape index (κ3) is 1.11. The highest BCUT2D eigenvalue weighted by Crippen LogP contribution is 2.57. The summed E-state index contributed by atoms with van der Waals surface area (Å²) < 4.78 is 0. The second-order valence-corrected chi connectivity index (χ2v) is 5.94. The third-order valence-electron chi connectivity index (χ3n) is 5.49. The van der Waals surface area contributed by atoms with Crippen LogP contribution >= 0.6 is 0 Å². The fourth-order valence-electron chi connectivity index (χ4n) is 3.72. The van der Waals surface area contributed by atoms with E-state index in [-0.39, 0.29) is 0 Å². The first-order valence-electron chi connectivity index (χ1n) is 6.56. The van der Waals surface area contributed by atoms with Crippen LogP contribution in [0.5, 0.6) is 0 Å². The molecule has 1 N–H and O–H groups in total. The average Bonchev–Trinajstić information content (AvgIpc) is 1.98. The van der Waals surface area contributed by atoms with E-state index in [0.29, 0.717) is 5.54 Å². The molecule has 1 heteroatoms. The molecule has 80 valence electrons. The van der Waals surface area contributed by atoms with E-state index in [9.17, 15) is 0 Å². The molecule has 1 atom stereocenters. The minimum Gasteiger partial charge on any atom is -0.308 e. The van der Waals surface area contributed by atoms with E-state index < -0.39 is 0 Å². The van der Waals surface area contributed by atoms with Crippen molar-refractivity contribution in [2.45, 2.75) is 76.3 Å². The Hall–Kier alpha value is -0.0400. The van der Waals surface area contributed by atoms with Gasteiger partial charge in [0, 0.05) is 11.6 Å². The fourth-order valence-corrected chi connectivity index (χ4v) is 3.72. The standard InChI is InChI=1S/C13H23N/c1-2-13(8-4-9-13)14-11-5-10-12(11)6-3-7-12/h11,14H,2-10H2,1H3. The van der Waals surface area contributed by atoms with Gasteiger partial charge >= 0.3 is 0 Å². The van der Waals surface area contributed by atoms with E-state index in [1.807, 2.05) is 0 Å². The normalized spacial score (nSPS) is 37.1. The summed E-state index contributed by atoms with van der Waals surface area (Å²) in [6, 6.07) is 0.900. The van der Waals surface area contributed by atoms with Crippen LogP contribution in [0.4, 0.5) is 0 Å². The molecule has 0 radical (unpaired) electrons. The average molecular weight is 193 g/mol. The van der Waals surface area contributed by atoms with E-state index >= 15 is 0 Å². The summed E-state index contributed by atoms with van der Waals surface area (Å²) in [5.41, 5.74) is 1.37. The molecular weight excluding hydrogens is 170 g/mol. The molecule has 0 aromatic heterocycles. The minimum atomic E-state index is 0.577. The van der Waals surface area contributed by atoms with Crippen LogP contribution in [0.15, 0.2) is 0 Å². The predicted molar refractivity (Wildman–Crippen MR) is 59.3 cm³/mol. The molecule has 3 saturated carbocycles. The SMILES string of the molecule is CCC1(NC2CCC23CCC3)CCC1. The van der Waals surface area contributed by atoms with Crippen molar-refractivity contribution in [2.24, 2.45) is 5.41 Å². The van der Waals surface area contributed by atoms with E-state index in [1.54, 1.807) is 0 Å². The van der Waals surface area contributed by atoms with E-state index in [4.69, 9.17) is 0 Å². The highest BCUT2D eigenvalue weighted by Gasteiger charge is 2.53. The first-order chi connectivity index (χ1) is 6.79. The summed E-state index contributed by atoms with van der Waals surface area (Å²) in [6.07, 6.45) is 13.2. The maximum Gasteiger partial charge on any atom is 0.0181 e. The molecule has 1 unspecified atom stereocenters. The maximum atomic E-state index is 4.01. The van der Waals surface area contributed by atoms with Gasteiger partial charge in [-0.05, 0) is 56.8 Å². The van der Waals surface area contributed by atoms with Crippen LogP contribution in [0, 0.1) is 5.41 Å². The van der Waals surface area contributed by atoms with Gasteiger partial charge in [-0.2, -0.15) is 0 Å². The van der Waals surface area contributed by atoms with E-state index in [1.165, 1.54) is 57.8 Å². The topological polar surface area (TPSA) is 12.0 Å². The summed E-state index contributed by atoms with van der Waals surface area (Å²) >= 11 is 0. The second kappa shape index (κ2) is 2.98. The van der Waals surface area contributed by atoms with Crippen LogP contribution in [-0.2, 0) is 0 Å². The van der Waals surface area contributed by atoms with E-state index in [2.05, 4.69) is 12.2 Å². The number of rotatable bonds is 3. The highest BCUT2D eigenvalue weighted by atomic mass is 15.1. The molecule has 0 aromatic carbocycles. The Kier molecular flexibility index (Phi) is 1.96. The molecule has 14 heavy (non-hydrogen) atoms. The van der Waals surface area contributed by atoms with Gasteiger partial charge in [0.05, 0.1) is 0 Å². The van der Waals surface area contributed by atoms with Crippen LogP contribution in [0.3, 0.4) is 0 Å². The summed E-state index contributed by atoms with van der Waals surface area (Å²) in [4.78, 5) is 0. The van der Waals surface area contributed by atoms with Gasteiger partial charge in [0.15, 0.2) is 0 Å². The zero-order chi connectivity index (χ0) is 9.65. The molecule has 0 heterocycles. The Balaban J connectivity index is 1.61. The van der Waals surface area contributed by atoms with Gasteiger partial charge in [-0.1, -0.05) is 13.3 Å². The van der Waals surface area contributed by atoms with Gasteiger partial charge < -0.3 is 5.32 Å². The third-order valence-corrected chi connectivity index (χ3v) is 5.49. The Bertz CT molecular complexity index is 214. The van der Waals surface area contributed by atoms with Crippen molar-refractivity contribution >= 4 is 0 Å². The molecule has 1 nitrogen and oxygen atoms in total. The van der Waals surface area contributed by atoms with E-state index in [0.717, 1.165) is 11.5 Å². The van der Waals surface area contributed by atoms with Gasteiger partial charge in [-0.15, -0.1) is 0 Å². The van der Waals surface area contributed by atoms with Crippen molar-refractivity contribution < 1.29 is 0 Å². The van der Waals surface area contributed by atoms with Gasteiger partial charge in [0.1, 0.15) is 0 Å². The monoisotopic (exact) mass is 193 g/mol. The van der Waals surface area contributed by atoms with Gasteiger partial charge in [-0.25, -0.2) is 0 Å². The highest BCUT2D eigenvalue weighted by molar-refractivity contribution is 5.09. The maximum absolute atomic E-state index is 4.01. The zero-order valence-electron chi connectivity index (χ0n) is 9.44. The molecule has 1 spiro atoms. The van der Waals surface area contributed by atoms with Crippen molar-refractivity contribution in [3.8, 4) is 0 Å². The molecular formula is C13H23N. The van der Waals surface area contributed by atoms with Crippen LogP contribution in [0.2, 0.25) is 0 Å². The van der Waals surface area contributed by atoms with Crippen molar-refractivity contribution in [2.75, 3.05) is 0 Å². The molecule has 0 bridgehead atoms. The first kappa shape index (κ1) is 9.21. The summed E-state index contributed by atoms with van der Waals surface area (Å²) in [5.74, 6) is 0. The Morgan fingerprint density at radius 3 is 2.07 bits per heavy atom. The summed E-state index contributed by atoms with van der Waals surface area (Å²) in [6.45, 7) is 2.36. The number of hydrogen-bond acceptors (Lipinski definition) is 1. The fraction of sp³-hybridized carbons (Fsp3) is 1.00. The molecule has 3 rings (SSSR count). The van der Waals surface area contributed by atoms with Crippen molar-refractivity contribution in [1.29, 1.82) is 0 Å². The molecule has 0 amide bonds. The molecule has 0 aliphatic heterocycles. The minimum absolute atomic E-state index is 0.577. The largest absolute Gasteiger partial charge is 0.308 e. The zero-order valence-corrected chi connectivity index (χ0v) is 9.44. The summed E-state index contributed by atoms with van der Waals surface area (Å²) in [7, 11) is 0. The predicted octanol–water partition coefficient (Wildman–Crippen LogP) is 3.24. The Labute approximate surface area is 87.7 Å². The van der Waals surface area contributed by atoms with Gasteiger partial charge in [0.2, 0.25) is 0 Å². The van der Waals surface area contributed by atoms with Crippen molar-refractivity contribution in [1.82, 2.24) is 5.32 Å². The van der Waals surface area contributed by atoms with Gasteiger partial charge in [0.25, 0.3) is 0 Å². The molecule has 3 fully saturated rings. The number of nitrogens with one attached hydrogen (secondary N) is 1. The van der Waals surface area contributed by atoms with Crippen LogP contribution in [0.25, 0.3) is 0 Å². The van der Waals surface area contributed by atoms with Crippen LogP contribution in [-0.4, -0.2) is 11.6 Å². The lowest BCUT2D eigenvalue weighted by Crippen LogP contribution is -2.65. The second-order valence-electron chi connectivity index (χ2n) is 5.94. The van der Waals surface area contributed by atoms with Crippen LogP contribution in [0.1, 0.15) is 64.7 Å². The van der Waals surface area contributed by atoms with Gasteiger partial charge in [-0.3, -0.25) is 0 Å². The Morgan fingerprint density at radius 1 is 1.07 bits per heavy atom. The lowest BCUT2D eigenvalue weighted by Gasteiger charge is -2.60. The lowest BCUT2D eigenvalue weighted by molar-refractivity contribution is -0.0445. The van der Waals surface area contributed by atoms with Crippen LogP contribution < -0.4 is 5.32 Å². The quantitative estimate of drug-likeness (QED) is 0.725. The summed E-state index contributed by atoms with van der Waals surface area (Å²) in [5, 5.41) is 4.01. The molecule has 0 aromatic rings. The Morgan fingerprint density at radius 2 is 1.79 bits per heavy atom. The van der Waals surface area contributed by atoms with Crippen molar-refractivity contribution in [3.63, 3.8) is 0 Å². The van der Waals surface area contributed by atoms with Crippen molar-refractivity contribution in [3.05, 3.63) is 0 Å². The molecule has 3 aliphatic rings. The molecule has 3 aliphatic carbocycles. The smallest absolute Gasteiger partial charge is 0.0181 e. The molecule has 0 saturated heterocycles. The lowest BCUT2D eigenvalue weighted by atomic mass is 9.52. The first-order valence-corrected chi connectivity index (χ1v) is 6.56. The number of hydrogen-bond donors (Lipinski definition) is 1.